The standard InChI is InChI=1S/C8H8F2O4S/c9-6-2-1-5(3-7(6)10)8(11)4-15(12,13)14/h1-3,8,11H,4H2,(H,12,13,14). The van der Waals surface area contributed by atoms with Crippen LogP contribution < -0.4 is 0 Å². The summed E-state index contributed by atoms with van der Waals surface area (Å²) in [6, 6.07) is 2.47. The van der Waals surface area contributed by atoms with E-state index in [4.69, 9.17) is 4.55 Å². The van der Waals surface area contributed by atoms with Crippen LogP contribution in [0.4, 0.5) is 8.78 Å². The first kappa shape index (κ1) is 12.0. The Labute approximate surface area is 84.9 Å². The Morgan fingerprint density at radius 3 is 2.33 bits per heavy atom. The molecule has 1 rings (SSSR count). The molecule has 1 unspecified atom stereocenters. The summed E-state index contributed by atoms with van der Waals surface area (Å²) in [5, 5.41) is 9.24. The van der Waals surface area contributed by atoms with Gasteiger partial charge in [0.25, 0.3) is 10.1 Å². The van der Waals surface area contributed by atoms with E-state index >= 15 is 0 Å². The molecule has 1 aromatic rings. The van der Waals surface area contributed by atoms with E-state index in [2.05, 4.69) is 0 Å². The molecular formula is C8H8F2O4S. The van der Waals surface area contributed by atoms with E-state index in [0.29, 0.717) is 6.07 Å². The molecule has 1 atom stereocenters. The van der Waals surface area contributed by atoms with Crippen molar-refractivity contribution in [3.8, 4) is 0 Å². The van der Waals surface area contributed by atoms with Crippen LogP contribution in [0.1, 0.15) is 11.7 Å². The summed E-state index contributed by atoms with van der Waals surface area (Å²) in [4.78, 5) is 0. The average Bonchev–Trinajstić information content (AvgIpc) is 2.06. The summed E-state index contributed by atoms with van der Waals surface area (Å²) in [7, 11) is -4.36. The molecule has 0 aliphatic heterocycles. The van der Waals surface area contributed by atoms with Crippen molar-refractivity contribution in [3.05, 3.63) is 35.4 Å². The lowest BCUT2D eigenvalue weighted by molar-refractivity contribution is 0.198. The Bertz CT molecular complexity index is 458. The summed E-state index contributed by atoms with van der Waals surface area (Å²) >= 11 is 0. The molecule has 0 spiro atoms. The van der Waals surface area contributed by atoms with Gasteiger partial charge in [-0.15, -0.1) is 0 Å². The van der Waals surface area contributed by atoms with Gasteiger partial charge in [0.15, 0.2) is 11.6 Å². The van der Waals surface area contributed by atoms with Crippen LogP contribution in [0, 0.1) is 11.6 Å². The molecule has 0 bridgehead atoms. The fourth-order valence-corrected chi connectivity index (χ4v) is 1.61. The van der Waals surface area contributed by atoms with Gasteiger partial charge in [0, 0.05) is 0 Å². The summed E-state index contributed by atoms with van der Waals surface area (Å²) in [5.74, 6) is -3.25. The Morgan fingerprint density at radius 1 is 1.27 bits per heavy atom. The maximum absolute atomic E-state index is 12.7. The van der Waals surface area contributed by atoms with E-state index < -0.39 is 33.6 Å². The molecule has 7 heteroatoms. The molecule has 0 aliphatic carbocycles. The minimum Gasteiger partial charge on any atom is -0.387 e. The first-order valence-corrected chi connectivity index (χ1v) is 5.48. The van der Waals surface area contributed by atoms with Crippen molar-refractivity contribution in [2.75, 3.05) is 5.75 Å². The van der Waals surface area contributed by atoms with Gasteiger partial charge in [0.2, 0.25) is 0 Å². The molecule has 0 aromatic heterocycles. The number of halogens is 2. The normalized spacial score (nSPS) is 13.9. The van der Waals surface area contributed by atoms with Crippen LogP contribution in [-0.4, -0.2) is 23.8 Å². The van der Waals surface area contributed by atoms with E-state index in [9.17, 15) is 22.3 Å². The molecule has 0 heterocycles. The average molecular weight is 238 g/mol. The van der Waals surface area contributed by atoms with Gasteiger partial charge in [-0.05, 0) is 17.7 Å². The van der Waals surface area contributed by atoms with Crippen molar-refractivity contribution in [1.82, 2.24) is 0 Å². The Balaban J connectivity index is 2.92. The third-order valence-corrected chi connectivity index (χ3v) is 2.43. The first-order valence-electron chi connectivity index (χ1n) is 3.88. The lowest BCUT2D eigenvalue weighted by atomic mass is 10.1. The lowest BCUT2D eigenvalue weighted by Gasteiger charge is -2.08. The number of aliphatic hydroxyl groups excluding tert-OH is 1. The highest BCUT2D eigenvalue weighted by molar-refractivity contribution is 7.85. The van der Waals surface area contributed by atoms with Crippen LogP contribution in [0.3, 0.4) is 0 Å². The van der Waals surface area contributed by atoms with Gasteiger partial charge < -0.3 is 5.11 Å². The van der Waals surface area contributed by atoms with E-state index in [1.165, 1.54) is 0 Å². The molecule has 15 heavy (non-hydrogen) atoms. The number of benzene rings is 1. The zero-order chi connectivity index (χ0) is 11.6. The molecule has 84 valence electrons. The summed E-state index contributed by atoms with van der Waals surface area (Å²) in [6.07, 6.45) is -1.59. The van der Waals surface area contributed by atoms with Crippen molar-refractivity contribution in [2.24, 2.45) is 0 Å². The molecule has 0 radical (unpaired) electrons. The summed E-state index contributed by atoms with van der Waals surface area (Å²) in [6.45, 7) is 0. The van der Waals surface area contributed by atoms with Crippen molar-refractivity contribution >= 4 is 10.1 Å². The molecule has 0 saturated heterocycles. The number of aliphatic hydroxyl groups is 1. The minimum atomic E-state index is -4.36. The molecular weight excluding hydrogens is 230 g/mol. The third kappa shape index (κ3) is 3.54. The van der Waals surface area contributed by atoms with Gasteiger partial charge in [0.1, 0.15) is 5.75 Å². The second kappa shape index (κ2) is 4.21. The van der Waals surface area contributed by atoms with Crippen LogP contribution >= 0.6 is 0 Å². The molecule has 0 saturated carbocycles. The molecule has 2 N–H and O–H groups in total. The zero-order valence-electron chi connectivity index (χ0n) is 7.39. The number of rotatable bonds is 3. The molecule has 0 aliphatic rings. The Morgan fingerprint density at radius 2 is 1.87 bits per heavy atom. The van der Waals surface area contributed by atoms with Crippen LogP contribution in [0.2, 0.25) is 0 Å². The summed E-state index contributed by atoms with van der Waals surface area (Å²) < 4.78 is 54.4. The minimum absolute atomic E-state index is 0.119. The van der Waals surface area contributed by atoms with Crippen molar-refractivity contribution in [2.45, 2.75) is 6.10 Å². The second-order valence-electron chi connectivity index (χ2n) is 2.94. The van der Waals surface area contributed by atoms with E-state index in [1.54, 1.807) is 0 Å². The van der Waals surface area contributed by atoms with Crippen LogP contribution in [0.25, 0.3) is 0 Å². The van der Waals surface area contributed by atoms with Gasteiger partial charge >= 0.3 is 0 Å². The highest BCUT2D eigenvalue weighted by atomic mass is 32.2. The van der Waals surface area contributed by atoms with Gasteiger partial charge in [-0.1, -0.05) is 6.07 Å². The van der Waals surface area contributed by atoms with Crippen molar-refractivity contribution < 1.29 is 26.9 Å². The lowest BCUT2D eigenvalue weighted by Crippen LogP contribution is -2.13. The van der Waals surface area contributed by atoms with E-state index in [1.807, 2.05) is 0 Å². The van der Waals surface area contributed by atoms with Gasteiger partial charge in [-0.2, -0.15) is 8.42 Å². The van der Waals surface area contributed by atoms with Crippen LogP contribution in [0.5, 0.6) is 0 Å². The monoisotopic (exact) mass is 238 g/mol. The fourth-order valence-electron chi connectivity index (χ4n) is 1.02. The predicted octanol–water partition coefficient (Wildman–Crippen LogP) is 0.886. The van der Waals surface area contributed by atoms with Crippen LogP contribution in [0.15, 0.2) is 18.2 Å². The number of hydrogen-bond acceptors (Lipinski definition) is 3. The van der Waals surface area contributed by atoms with Gasteiger partial charge in [-0.25, -0.2) is 8.78 Å². The first-order chi connectivity index (χ1) is 6.79. The largest absolute Gasteiger partial charge is 0.387 e. The van der Waals surface area contributed by atoms with Crippen LogP contribution in [-0.2, 0) is 10.1 Å². The highest BCUT2D eigenvalue weighted by Gasteiger charge is 2.17. The quantitative estimate of drug-likeness (QED) is 0.767. The van der Waals surface area contributed by atoms with Gasteiger partial charge in [0.05, 0.1) is 6.10 Å². The second-order valence-corrected chi connectivity index (χ2v) is 4.44. The maximum Gasteiger partial charge on any atom is 0.267 e. The van der Waals surface area contributed by atoms with Crippen molar-refractivity contribution in [1.29, 1.82) is 0 Å². The molecule has 1 aromatic carbocycles. The predicted molar refractivity (Wildman–Crippen MR) is 47.7 cm³/mol. The summed E-state index contributed by atoms with van der Waals surface area (Å²) in [5.41, 5.74) is -0.119. The number of hydrogen-bond donors (Lipinski definition) is 2. The Kier molecular flexibility index (Phi) is 3.38. The SMILES string of the molecule is O=S(=O)(O)CC(O)c1ccc(F)c(F)c1. The van der Waals surface area contributed by atoms with E-state index in [0.717, 1.165) is 12.1 Å². The highest BCUT2D eigenvalue weighted by Crippen LogP contribution is 2.17. The molecule has 0 amide bonds. The topological polar surface area (TPSA) is 74.6 Å². The maximum atomic E-state index is 12.7. The van der Waals surface area contributed by atoms with Crippen molar-refractivity contribution in [3.63, 3.8) is 0 Å². The molecule has 4 nitrogen and oxygen atoms in total. The smallest absolute Gasteiger partial charge is 0.267 e. The third-order valence-electron chi connectivity index (χ3n) is 1.70. The van der Waals surface area contributed by atoms with Gasteiger partial charge in [-0.3, -0.25) is 4.55 Å². The molecule has 0 fully saturated rings. The zero-order valence-corrected chi connectivity index (χ0v) is 8.21. The Hall–Kier alpha value is -1.05. The fraction of sp³-hybridized carbons (Fsp3) is 0.250. The van der Waals surface area contributed by atoms with E-state index in [-0.39, 0.29) is 5.56 Å².